The van der Waals surface area contributed by atoms with Crippen molar-refractivity contribution in [2.45, 2.75) is 51.6 Å². The Morgan fingerprint density at radius 1 is 1.48 bits per heavy atom. The van der Waals surface area contributed by atoms with Crippen molar-refractivity contribution in [1.82, 2.24) is 15.2 Å². The number of carbonyl (C=O) groups excluding carboxylic acids is 1. The van der Waals surface area contributed by atoms with E-state index >= 15 is 0 Å². The van der Waals surface area contributed by atoms with Crippen LogP contribution in [-0.2, 0) is 16.8 Å². The van der Waals surface area contributed by atoms with E-state index in [1.807, 2.05) is 0 Å². The van der Waals surface area contributed by atoms with E-state index in [-0.39, 0.29) is 11.3 Å². The maximum atomic E-state index is 11.4. The summed E-state index contributed by atoms with van der Waals surface area (Å²) in [5.74, 6) is -0.264. The molecule has 1 aliphatic heterocycles. The van der Waals surface area contributed by atoms with Crippen LogP contribution in [0.25, 0.3) is 0 Å². The predicted molar refractivity (Wildman–Crippen MR) is 86.3 cm³/mol. The highest BCUT2D eigenvalue weighted by molar-refractivity contribution is 7.09. The maximum absolute atomic E-state index is 11.4. The van der Waals surface area contributed by atoms with Crippen LogP contribution < -0.4 is 11.1 Å². The van der Waals surface area contributed by atoms with Crippen LogP contribution in [0.15, 0.2) is 5.38 Å². The zero-order chi connectivity index (χ0) is 15.5. The number of amides is 1. The molecular weight excluding hydrogens is 284 g/mol. The van der Waals surface area contributed by atoms with E-state index in [4.69, 9.17) is 10.7 Å². The van der Waals surface area contributed by atoms with Gasteiger partial charge in [-0.25, -0.2) is 4.98 Å². The molecule has 1 fully saturated rings. The SMILES string of the molecule is CC(C)(C)c1nc(CN(CC(N)=O)C2CCNCC2)cs1. The number of aromatic nitrogens is 1. The number of nitrogens with one attached hydrogen (secondary N) is 1. The van der Waals surface area contributed by atoms with Gasteiger partial charge in [0, 0.05) is 23.4 Å². The van der Waals surface area contributed by atoms with E-state index in [9.17, 15) is 4.79 Å². The molecule has 0 aliphatic carbocycles. The van der Waals surface area contributed by atoms with Gasteiger partial charge in [-0.1, -0.05) is 20.8 Å². The Hall–Kier alpha value is -0.980. The molecule has 1 amide bonds. The second-order valence-corrected chi connectivity index (χ2v) is 7.60. The average molecular weight is 310 g/mol. The van der Waals surface area contributed by atoms with Gasteiger partial charge < -0.3 is 11.1 Å². The molecule has 1 aliphatic rings. The van der Waals surface area contributed by atoms with E-state index < -0.39 is 0 Å². The van der Waals surface area contributed by atoms with Crippen molar-refractivity contribution in [3.8, 4) is 0 Å². The fraction of sp³-hybridized carbons (Fsp3) is 0.733. The molecule has 118 valence electrons. The van der Waals surface area contributed by atoms with Crippen molar-refractivity contribution < 1.29 is 4.79 Å². The van der Waals surface area contributed by atoms with Crippen molar-refractivity contribution in [2.24, 2.45) is 5.73 Å². The summed E-state index contributed by atoms with van der Waals surface area (Å²) in [5, 5.41) is 6.60. The third-order valence-corrected chi connectivity index (χ3v) is 5.06. The molecule has 0 saturated carbocycles. The number of carbonyl (C=O) groups is 1. The van der Waals surface area contributed by atoms with Gasteiger partial charge in [0.2, 0.25) is 5.91 Å². The van der Waals surface area contributed by atoms with E-state index in [0.29, 0.717) is 19.1 Å². The van der Waals surface area contributed by atoms with E-state index in [2.05, 4.69) is 36.4 Å². The smallest absolute Gasteiger partial charge is 0.231 e. The lowest BCUT2D eigenvalue weighted by atomic mass is 9.98. The minimum absolute atomic E-state index is 0.0756. The highest BCUT2D eigenvalue weighted by Gasteiger charge is 2.24. The van der Waals surface area contributed by atoms with Gasteiger partial charge in [-0.05, 0) is 25.9 Å². The molecule has 1 saturated heterocycles. The van der Waals surface area contributed by atoms with E-state index in [0.717, 1.165) is 36.6 Å². The van der Waals surface area contributed by atoms with Crippen molar-refractivity contribution >= 4 is 17.2 Å². The lowest BCUT2D eigenvalue weighted by Crippen LogP contribution is -2.46. The van der Waals surface area contributed by atoms with Crippen molar-refractivity contribution in [3.05, 3.63) is 16.1 Å². The first-order valence-electron chi connectivity index (χ1n) is 7.54. The summed E-state index contributed by atoms with van der Waals surface area (Å²) in [7, 11) is 0. The van der Waals surface area contributed by atoms with Crippen LogP contribution in [0.4, 0.5) is 0 Å². The van der Waals surface area contributed by atoms with Crippen LogP contribution in [0.3, 0.4) is 0 Å². The third-order valence-electron chi connectivity index (χ3n) is 3.74. The quantitative estimate of drug-likeness (QED) is 0.864. The van der Waals surface area contributed by atoms with E-state index in [1.165, 1.54) is 0 Å². The fourth-order valence-electron chi connectivity index (χ4n) is 2.62. The number of piperidine rings is 1. The lowest BCUT2D eigenvalue weighted by Gasteiger charge is -2.33. The van der Waals surface area contributed by atoms with Gasteiger partial charge >= 0.3 is 0 Å². The fourth-order valence-corrected chi connectivity index (χ4v) is 3.52. The number of primary amides is 1. The van der Waals surface area contributed by atoms with Crippen LogP contribution in [0.5, 0.6) is 0 Å². The van der Waals surface area contributed by atoms with Crippen molar-refractivity contribution in [3.63, 3.8) is 0 Å². The van der Waals surface area contributed by atoms with Crippen LogP contribution in [0.2, 0.25) is 0 Å². The Balaban J connectivity index is 2.07. The molecule has 6 heteroatoms. The molecule has 0 spiro atoms. The van der Waals surface area contributed by atoms with Crippen LogP contribution in [-0.4, -0.2) is 41.5 Å². The number of rotatable bonds is 5. The van der Waals surface area contributed by atoms with Gasteiger partial charge in [-0.15, -0.1) is 11.3 Å². The molecule has 21 heavy (non-hydrogen) atoms. The average Bonchev–Trinajstić information content (AvgIpc) is 2.87. The summed E-state index contributed by atoms with van der Waals surface area (Å²) in [6.07, 6.45) is 2.12. The minimum Gasteiger partial charge on any atom is -0.369 e. The zero-order valence-corrected chi connectivity index (χ0v) is 14.0. The standard InChI is InChI=1S/C15H26N4OS/c1-15(2,3)14-18-11(10-21-14)8-19(9-13(16)20)12-4-6-17-7-5-12/h10,12,17H,4-9H2,1-3H3,(H2,16,20). The summed E-state index contributed by atoms with van der Waals surface area (Å²) < 4.78 is 0. The summed E-state index contributed by atoms with van der Waals surface area (Å²) in [4.78, 5) is 18.3. The number of thiazole rings is 1. The Morgan fingerprint density at radius 3 is 2.67 bits per heavy atom. The molecular formula is C15H26N4OS. The van der Waals surface area contributed by atoms with Gasteiger partial charge in [0.05, 0.1) is 17.2 Å². The molecule has 3 N–H and O–H groups in total. The second-order valence-electron chi connectivity index (χ2n) is 6.75. The van der Waals surface area contributed by atoms with Gasteiger partial charge in [-0.3, -0.25) is 9.69 Å². The zero-order valence-electron chi connectivity index (χ0n) is 13.2. The van der Waals surface area contributed by atoms with Crippen molar-refractivity contribution in [1.29, 1.82) is 0 Å². The Kier molecular flexibility index (Phi) is 5.35. The highest BCUT2D eigenvalue weighted by atomic mass is 32.1. The highest BCUT2D eigenvalue weighted by Crippen LogP contribution is 2.26. The molecule has 0 bridgehead atoms. The van der Waals surface area contributed by atoms with Crippen molar-refractivity contribution in [2.75, 3.05) is 19.6 Å². The lowest BCUT2D eigenvalue weighted by molar-refractivity contribution is -0.120. The molecule has 0 radical (unpaired) electrons. The Bertz CT molecular complexity index is 474. The number of nitrogens with zero attached hydrogens (tertiary/aromatic N) is 2. The second kappa shape index (κ2) is 6.85. The molecule has 0 atom stereocenters. The normalized spacial score (nSPS) is 17.3. The van der Waals surface area contributed by atoms with Crippen LogP contribution in [0, 0.1) is 0 Å². The van der Waals surface area contributed by atoms with Gasteiger partial charge in [0.25, 0.3) is 0 Å². The Morgan fingerprint density at radius 2 is 2.14 bits per heavy atom. The molecule has 1 aromatic heterocycles. The first-order chi connectivity index (χ1) is 9.86. The molecule has 1 aromatic rings. The van der Waals surface area contributed by atoms with Gasteiger partial charge in [0.15, 0.2) is 0 Å². The first-order valence-corrected chi connectivity index (χ1v) is 8.42. The van der Waals surface area contributed by atoms with Gasteiger partial charge in [-0.2, -0.15) is 0 Å². The summed E-state index contributed by atoms with van der Waals surface area (Å²) in [6.45, 7) is 9.54. The third kappa shape index (κ3) is 4.76. The maximum Gasteiger partial charge on any atom is 0.231 e. The summed E-state index contributed by atoms with van der Waals surface area (Å²) in [5.41, 5.74) is 6.54. The van der Waals surface area contributed by atoms with Crippen LogP contribution >= 0.6 is 11.3 Å². The minimum atomic E-state index is -0.264. The Labute approximate surface area is 130 Å². The number of hydrogen-bond donors (Lipinski definition) is 2. The summed E-state index contributed by atoms with van der Waals surface area (Å²) in [6, 6.07) is 0.415. The molecule has 5 nitrogen and oxygen atoms in total. The van der Waals surface area contributed by atoms with Gasteiger partial charge in [0.1, 0.15) is 0 Å². The van der Waals surface area contributed by atoms with Crippen LogP contribution in [0.1, 0.15) is 44.3 Å². The number of nitrogens with two attached hydrogens (primary N) is 1. The summed E-state index contributed by atoms with van der Waals surface area (Å²) >= 11 is 1.70. The molecule has 0 aromatic carbocycles. The molecule has 2 heterocycles. The topological polar surface area (TPSA) is 71.2 Å². The van der Waals surface area contributed by atoms with E-state index in [1.54, 1.807) is 11.3 Å². The molecule has 0 unspecified atom stereocenters. The largest absolute Gasteiger partial charge is 0.369 e. The monoisotopic (exact) mass is 310 g/mol. The number of hydrogen-bond acceptors (Lipinski definition) is 5. The predicted octanol–water partition coefficient (Wildman–Crippen LogP) is 1.48. The molecule has 2 rings (SSSR count). The first kappa shape index (κ1) is 16.4.